The van der Waals surface area contributed by atoms with Crippen molar-refractivity contribution in [2.24, 2.45) is 23.7 Å². The molecule has 0 radical (unpaired) electrons. The Morgan fingerprint density at radius 1 is 0.562 bits per heavy atom. The summed E-state index contributed by atoms with van der Waals surface area (Å²) in [5.41, 5.74) is 11.8. The molecule has 6 atom stereocenters. The minimum atomic E-state index is -1.69. The van der Waals surface area contributed by atoms with Crippen LogP contribution >= 0.6 is 0 Å². The highest BCUT2D eigenvalue weighted by Gasteiger charge is 2.69. The predicted octanol–water partition coefficient (Wildman–Crippen LogP) is 7.73. The first-order valence-electron chi connectivity index (χ1n) is 13.3. The normalized spacial score (nSPS) is 43.3. The van der Waals surface area contributed by atoms with Gasteiger partial charge in [-0.25, -0.2) is 0 Å². The standard InChI is InChI=1S/C28H54N2Si2/c1-17-18(2)22(6)25(21(17)5)31(29-27(9,10)11)15-32(16-31,30-28(12,13)14)26-23(7)19(3)20(4)24(26)8/h17,19,21,23,25-26,29-30H,15-16H2,1-14H3/t17-,19+,21?,23?,25+,26-,31?,32?. The molecule has 0 saturated carbocycles. The van der Waals surface area contributed by atoms with Crippen LogP contribution in [0, 0.1) is 23.7 Å². The minimum Gasteiger partial charge on any atom is -0.332 e. The van der Waals surface area contributed by atoms with Gasteiger partial charge in [0.2, 0.25) is 0 Å². The Labute approximate surface area is 202 Å². The molecule has 4 heteroatoms. The Hall–Kier alpha value is -0.166. The van der Waals surface area contributed by atoms with Crippen molar-refractivity contribution in [2.45, 2.75) is 130 Å². The summed E-state index contributed by atoms with van der Waals surface area (Å²) in [6, 6.07) is 0. The van der Waals surface area contributed by atoms with E-state index in [4.69, 9.17) is 0 Å². The second kappa shape index (κ2) is 8.21. The molecule has 0 spiro atoms. The Morgan fingerprint density at radius 3 is 1.03 bits per heavy atom. The lowest BCUT2D eigenvalue weighted by molar-refractivity contribution is 0.429. The third-order valence-electron chi connectivity index (χ3n) is 9.87. The first-order chi connectivity index (χ1) is 14.4. The van der Waals surface area contributed by atoms with Crippen LogP contribution in [0.4, 0.5) is 0 Å². The molecule has 2 nitrogen and oxygen atoms in total. The minimum absolute atomic E-state index is 0.184. The third kappa shape index (κ3) is 4.31. The molecule has 1 aliphatic heterocycles. The van der Waals surface area contributed by atoms with Gasteiger partial charge in [0.1, 0.15) is 16.5 Å². The van der Waals surface area contributed by atoms with Crippen LogP contribution in [-0.2, 0) is 0 Å². The fourth-order valence-corrected chi connectivity index (χ4v) is 30.1. The Kier molecular flexibility index (Phi) is 6.78. The molecule has 0 bridgehead atoms. The molecule has 3 aliphatic rings. The lowest BCUT2D eigenvalue weighted by Gasteiger charge is -2.64. The number of hydrogen-bond acceptors (Lipinski definition) is 2. The van der Waals surface area contributed by atoms with E-state index in [2.05, 4.69) is 107 Å². The van der Waals surface area contributed by atoms with Crippen LogP contribution in [0.1, 0.15) is 96.9 Å². The second-order valence-corrected chi connectivity index (χ2v) is 23.6. The van der Waals surface area contributed by atoms with Gasteiger partial charge in [-0.15, -0.1) is 0 Å². The second-order valence-electron chi connectivity index (χ2n) is 14.4. The zero-order valence-corrected chi connectivity index (χ0v) is 25.9. The number of hydrogen-bond donors (Lipinski definition) is 2. The van der Waals surface area contributed by atoms with Crippen molar-refractivity contribution in [1.29, 1.82) is 0 Å². The summed E-state index contributed by atoms with van der Waals surface area (Å²) >= 11 is 0. The molecule has 1 heterocycles. The van der Waals surface area contributed by atoms with Gasteiger partial charge in [0, 0.05) is 11.1 Å². The van der Waals surface area contributed by atoms with Crippen LogP contribution in [0.25, 0.3) is 0 Å². The van der Waals surface area contributed by atoms with Gasteiger partial charge < -0.3 is 9.96 Å². The van der Waals surface area contributed by atoms with E-state index in [1.807, 2.05) is 0 Å². The van der Waals surface area contributed by atoms with E-state index in [1.165, 1.54) is 11.3 Å². The smallest absolute Gasteiger partial charge is 0.130 e. The molecule has 2 unspecified atom stereocenters. The number of allylic oxidation sites excluding steroid dienone is 4. The van der Waals surface area contributed by atoms with Gasteiger partial charge in [0.15, 0.2) is 0 Å². The fraction of sp³-hybridized carbons (Fsp3) is 0.857. The van der Waals surface area contributed by atoms with E-state index in [9.17, 15) is 0 Å². The summed E-state index contributed by atoms with van der Waals surface area (Å²) < 4.78 is 0. The van der Waals surface area contributed by atoms with Gasteiger partial charge >= 0.3 is 0 Å². The van der Waals surface area contributed by atoms with Gasteiger partial charge in [-0.3, -0.25) is 0 Å². The van der Waals surface area contributed by atoms with E-state index in [0.717, 1.165) is 34.8 Å². The molecule has 184 valence electrons. The third-order valence-corrected chi connectivity index (χ3v) is 26.8. The molecule has 0 amide bonds. The number of nitrogens with one attached hydrogen (secondary N) is 2. The molecule has 32 heavy (non-hydrogen) atoms. The van der Waals surface area contributed by atoms with Crippen LogP contribution in [0.5, 0.6) is 0 Å². The molecule has 0 aromatic heterocycles. The van der Waals surface area contributed by atoms with Crippen LogP contribution in [0.15, 0.2) is 22.3 Å². The van der Waals surface area contributed by atoms with Crippen LogP contribution in [0.3, 0.4) is 0 Å². The maximum absolute atomic E-state index is 4.41. The van der Waals surface area contributed by atoms with Crippen molar-refractivity contribution in [2.75, 3.05) is 0 Å². The van der Waals surface area contributed by atoms with Gasteiger partial charge in [-0.05, 0) is 115 Å². The highest BCUT2D eigenvalue weighted by molar-refractivity contribution is 7.13. The van der Waals surface area contributed by atoms with Gasteiger partial charge in [0.05, 0.1) is 0 Å². The van der Waals surface area contributed by atoms with Crippen LogP contribution in [-0.4, -0.2) is 27.5 Å². The lowest BCUT2D eigenvalue weighted by Crippen LogP contribution is -2.82. The van der Waals surface area contributed by atoms with E-state index in [0.29, 0.717) is 0 Å². The molecule has 0 aromatic carbocycles. The molecular formula is C28H54N2Si2. The summed E-state index contributed by atoms with van der Waals surface area (Å²) in [5.74, 6) is 3.01. The number of rotatable bonds is 4. The van der Waals surface area contributed by atoms with Crippen molar-refractivity contribution in [3.8, 4) is 0 Å². The van der Waals surface area contributed by atoms with E-state index < -0.39 is 16.5 Å². The largest absolute Gasteiger partial charge is 0.332 e. The van der Waals surface area contributed by atoms with Crippen LogP contribution < -0.4 is 9.96 Å². The Bertz CT molecular complexity index is 738. The zero-order chi connectivity index (χ0) is 24.6. The maximum atomic E-state index is 4.41. The summed E-state index contributed by atoms with van der Waals surface area (Å²) in [6.45, 7) is 34.3. The lowest BCUT2D eigenvalue weighted by atomic mass is 9.95. The van der Waals surface area contributed by atoms with E-state index >= 15 is 0 Å². The topological polar surface area (TPSA) is 24.1 Å². The predicted molar refractivity (Wildman–Crippen MR) is 148 cm³/mol. The van der Waals surface area contributed by atoms with Crippen molar-refractivity contribution in [1.82, 2.24) is 9.96 Å². The Morgan fingerprint density at radius 2 is 0.844 bits per heavy atom. The molecule has 3 rings (SSSR count). The molecule has 1 fully saturated rings. The average Bonchev–Trinajstić information content (AvgIpc) is 2.90. The zero-order valence-electron chi connectivity index (χ0n) is 23.9. The molecule has 2 aliphatic carbocycles. The van der Waals surface area contributed by atoms with Crippen molar-refractivity contribution in [3.05, 3.63) is 22.3 Å². The fourth-order valence-electron chi connectivity index (χ4n) is 8.54. The van der Waals surface area contributed by atoms with Crippen molar-refractivity contribution in [3.63, 3.8) is 0 Å². The van der Waals surface area contributed by atoms with Crippen molar-refractivity contribution >= 4 is 16.5 Å². The molecule has 2 N–H and O–H groups in total. The first-order valence-corrected chi connectivity index (χ1v) is 18.3. The quantitative estimate of drug-likeness (QED) is 0.322. The Balaban J connectivity index is 2.09. The average molecular weight is 475 g/mol. The highest BCUT2D eigenvalue weighted by atomic mass is 28.5. The van der Waals surface area contributed by atoms with Gasteiger partial charge in [-0.2, -0.15) is 0 Å². The first kappa shape index (κ1) is 26.4. The van der Waals surface area contributed by atoms with Gasteiger partial charge in [-0.1, -0.05) is 50.0 Å². The molecular weight excluding hydrogens is 420 g/mol. The van der Waals surface area contributed by atoms with Crippen LogP contribution in [0.2, 0.25) is 22.4 Å². The molecule has 1 saturated heterocycles. The summed E-state index contributed by atoms with van der Waals surface area (Å²) in [6.07, 6.45) is 0. The van der Waals surface area contributed by atoms with E-state index in [1.54, 1.807) is 22.3 Å². The van der Waals surface area contributed by atoms with Gasteiger partial charge in [0.25, 0.3) is 0 Å². The molecule has 0 aromatic rings. The summed E-state index contributed by atoms with van der Waals surface area (Å²) in [7, 11) is -3.38. The SMILES string of the molecule is CC1=C(C)[C@@H]([Si]2(NC(C)(C)C)C[Si](NC(C)(C)C)([C@H]3C(C)=C(C)[C@H](C)C3C)C2)C(C)[C@@H]1C. The summed E-state index contributed by atoms with van der Waals surface area (Å²) in [5, 5.41) is 0. The highest BCUT2D eigenvalue weighted by Crippen LogP contribution is 2.63. The van der Waals surface area contributed by atoms with Crippen molar-refractivity contribution < 1.29 is 0 Å². The van der Waals surface area contributed by atoms with E-state index in [-0.39, 0.29) is 11.1 Å². The monoisotopic (exact) mass is 474 g/mol. The maximum Gasteiger partial charge on any atom is 0.130 e. The summed E-state index contributed by atoms with van der Waals surface area (Å²) in [4.78, 5) is 8.82.